The number of benzene rings is 2. The van der Waals surface area contributed by atoms with E-state index in [1.165, 1.54) is 56.1 Å². The minimum Gasteiger partial charge on any atom is -0.339 e. The van der Waals surface area contributed by atoms with E-state index in [0.29, 0.717) is 11.8 Å². The quantitative estimate of drug-likeness (QED) is 0.238. The molecular weight excluding hydrogens is 426 g/mol. The number of aromatic nitrogens is 3. The minimum atomic E-state index is 0.440. The summed E-state index contributed by atoms with van der Waals surface area (Å²) in [6.45, 7) is 11.4. The fraction of sp³-hybridized carbons (Fsp3) is 0.281. The van der Waals surface area contributed by atoms with Crippen LogP contribution in [0.1, 0.15) is 56.2 Å². The van der Waals surface area contributed by atoms with Crippen LogP contribution in [0.3, 0.4) is 0 Å². The Hall–Kier alpha value is -3.59. The lowest BCUT2D eigenvalue weighted by atomic mass is 9.92. The predicted molar refractivity (Wildman–Crippen MR) is 147 cm³/mol. The van der Waals surface area contributed by atoms with Crippen molar-refractivity contribution in [2.45, 2.75) is 46.5 Å². The average Bonchev–Trinajstić information content (AvgIpc) is 3.38. The van der Waals surface area contributed by atoms with Crippen molar-refractivity contribution in [1.29, 1.82) is 0 Å². The van der Waals surface area contributed by atoms with Crippen LogP contribution in [0.5, 0.6) is 0 Å². The highest BCUT2D eigenvalue weighted by atomic mass is 15.1. The lowest BCUT2D eigenvalue weighted by Crippen LogP contribution is -2.35. The second kappa shape index (κ2) is 8.88. The molecule has 3 nitrogen and oxygen atoms in total. The summed E-state index contributed by atoms with van der Waals surface area (Å²) in [5.74, 6) is 0.880. The van der Waals surface area contributed by atoms with Gasteiger partial charge in [0, 0.05) is 36.3 Å². The van der Waals surface area contributed by atoms with Gasteiger partial charge < -0.3 is 9.13 Å². The number of aryl methyl sites for hydroxylation is 2. The Bertz CT molecular complexity index is 1500. The van der Waals surface area contributed by atoms with Crippen molar-refractivity contribution in [3.05, 3.63) is 95.7 Å². The van der Waals surface area contributed by atoms with Gasteiger partial charge in [0.1, 0.15) is 18.4 Å². The zero-order valence-corrected chi connectivity index (χ0v) is 22.0. The number of nitrogens with zero attached hydrogens (tertiary/aromatic N) is 3. The van der Waals surface area contributed by atoms with Crippen molar-refractivity contribution in [3.8, 4) is 28.5 Å². The highest BCUT2D eigenvalue weighted by molar-refractivity contribution is 5.86. The Labute approximate surface area is 209 Å². The molecule has 3 aromatic heterocycles. The number of hydrogen-bond acceptors (Lipinski definition) is 0. The molecule has 0 saturated heterocycles. The van der Waals surface area contributed by atoms with Crippen molar-refractivity contribution in [1.82, 2.24) is 9.13 Å². The van der Waals surface area contributed by atoms with Gasteiger partial charge in [0.2, 0.25) is 11.4 Å². The summed E-state index contributed by atoms with van der Waals surface area (Å²) < 4.78 is 7.08. The molecule has 0 fully saturated rings. The van der Waals surface area contributed by atoms with Crippen molar-refractivity contribution in [3.63, 3.8) is 0 Å². The van der Waals surface area contributed by atoms with Crippen LogP contribution in [0.2, 0.25) is 0 Å². The third-order valence-corrected chi connectivity index (χ3v) is 7.36. The van der Waals surface area contributed by atoms with E-state index < -0.39 is 0 Å². The fourth-order valence-corrected chi connectivity index (χ4v) is 5.44. The molecule has 0 saturated carbocycles. The monoisotopic (exact) mass is 462 g/mol. The molecule has 0 aliphatic heterocycles. The molecular formula is C32H36N3+. The lowest BCUT2D eigenvalue weighted by Gasteiger charge is -2.22. The molecule has 2 aromatic carbocycles. The van der Waals surface area contributed by atoms with Gasteiger partial charge in [-0.15, -0.1) is 0 Å². The molecule has 35 heavy (non-hydrogen) atoms. The number of fused-ring (bicyclic) bond motifs is 1. The highest BCUT2D eigenvalue weighted by Gasteiger charge is 2.25. The molecule has 178 valence electrons. The summed E-state index contributed by atoms with van der Waals surface area (Å²) >= 11 is 0. The van der Waals surface area contributed by atoms with Crippen LogP contribution in [-0.2, 0) is 14.1 Å². The van der Waals surface area contributed by atoms with Gasteiger partial charge in [0.25, 0.3) is 0 Å². The molecule has 0 aliphatic carbocycles. The van der Waals surface area contributed by atoms with E-state index in [4.69, 9.17) is 0 Å². The summed E-state index contributed by atoms with van der Waals surface area (Å²) in [7, 11) is 4.35. The summed E-state index contributed by atoms with van der Waals surface area (Å²) in [6, 6.07) is 26.6. The first-order valence-electron chi connectivity index (χ1n) is 12.6. The first kappa shape index (κ1) is 23.2. The molecule has 3 heteroatoms. The number of rotatable bonds is 5. The van der Waals surface area contributed by atoms with Crippen LogP contribution in [0.25, 0.3) is 39.4 Å². The van der Waals surface area contributed by atoms with Gasteiger partial charge in [-0.05, 0) is 59.7 Å². The molecule has 0 N–H and O–H groups in total. The maximum Gasteiger partial charge on any atom is 0.230 e. The van der Waals surface area contributed by atoms with Gasteiger partial charge in [-0.3, -0.25) is 0 Å². The van der Waals surface area contributed by atoms with Crippen LogP contribution < -0.4 is 4.57 Å². The molecule has 3 heterocycles. The third kappa shape index (κ3) is 3.80. The Morgan fingerprint density at radius 3 is 2.03 bits per heavy atom. The normalized spacial score (nSPS) is 11.8. The van der Waals surface area contributed by atoms with Crippen LogP contribution in [0.4, 0.5) is 0 Å². The fourth-order valence-electron chi connectivity index (χ4n) is 5.44. The zero-order valence-electron chi connectivity index (χ0n) is 22.0. The summed E-state index contributed by atoms with van der Waals surface area (Å²) in [5.41, 5.74) is 11.5. The van der Waals surface area contributed by atoms with E-state index in [1.54, 1.807) is 0 Å². The summed E-state index contributed by atoms with van der Waals surface area (Å²) in [4.78, 5) is 0. The van der Waals surface area contributed by atoms with Crippen molar-refractivity contribution < 1.29 is 4.57 Å². The second-order valence-electron chi connectivity index (χ2n) is 10.3. The maximum atomic E-state index is 2.43. The number of para-hydroxylation sites is 2. The molecule has 5 aromatic rings. The largest absolute Gasteiger partial charge is 0.339 e. The third-order valence-electron chi connectivity index (χ3n) is 7.36. The molecule has 0 unspecified atom stereocenters. The van der Waals surface area contributed by atoms with E-state index in [-0.39, 0.29) is 0 Å². The molecule has 0 radical (unpaired) electrons. The molecule has 0 aliphatic rings. The topological polar surface area (TPSA) is 13.7 Å². The molecule has 0 spiro atoms. The van der Waals surface area contributed by atoms with Crippen LogP contribution in [-0.4, -0.2) is 9.13 Å². The van der Waals surface area contributed by atoms with Gasteiger partial charge in [-0.25, -0.2) is 0 Å². The van der Waals surface area contributed by atoms with Gasteiger partial charge >= 0.3 is 0 Å². The zero-order chi connectivity index (χ0) is 24.9. The lowest BCUT2D eigenvalue weighted by molar-refractivity contribution is -0.649. The van der Waals surface area contributed by atoms with Gasteiger partial charge in [-0.2, -0.15) is 4.57 Å². The van der Waals surface area contributed by atoms with Crippen LogP contribution >= 0.6 is 0 Å². The predicted octanol–water partition coefficient (Wildman–Crippen LogP) is 7.68. The maximum absolute atomic E-state index is 2.43. The van der Waals surface area contributed by atoms with Gasteiger partial charge in [-0.1, -0.05) is 64.1 Å². The first-order chi connectivity index (χ1) is 16.8. The van der Waals surface area contributed by atoms with Gasteiger partial charge in [0.15, 0.2) is 0 Å². The average molecular weight is 463 g/mol. The van der Waals surface area contributed by atoms with Crippen molar-refractivity contribution in [2.75, 3.05) is 0 Å². The molecule has 0 amide bonds. The minimum absolute atomic E-state index is 0.440. The number of pyridine rings is 1. The van der Waals surface area contributed by atoms with Crippen molar-refractivity contribution >= 4 is 10.9 Å². The SMILES string of the molecule is Cc1ccn(-c2c(C(C)C)cccc2C(C)C)c1-c1cccc(-c2cc3ccccc3n2C)[n+]1C. The Kier molecular flexibility index (Phi) is 5.88. The van der Waals surface area contributed by atoms with Crippen LogP contribution in [0.15, 0.2) is 79.0 Å². The smallest absolute Gasteiger partial charge is 0.230 e. The van der Waals surface area contributed by atoms with E-state index in [9.17, 15) is 0 Å². The molecule has 0 bridgehead atoms. The van der Waals surface area contributed by atoms with Crippen LogP contribution in [0, 0.1) is 6.92 Å². The standard InChI is InChI=1S/C32H36N3/c1-21(2)25-13-10-14-26(22(3)4)32(25)35-19-18-23(5)31(35)29-17-11-16-28(34(29)7)30-20-24-12-8-9-15-27(24)33(30)6/h8-22H,1-7H3/q+1. The Morgan fingerprint density at radius 2 is 1.37 bits per heavy atom. The van der Waals surface area contributed by atoms with E-state index >= 15 is 0 Å². The van der Waals surface area contributed by atoms with E-state index in [0.717, 1.165) is 0 Å². The first-order valence-corrected chi connectivity index (χ1v) is 12.6. The van der Waals surface area contributed by atoms with Crippen molar-refractivity contribution in [2.24, 2.45) is 14.1 Å². The molecule has 5 rings (SSSR count). The van der Waals surface area contributed by atoms with E-state index in [1.807, 2.05) is 0 Å². The summed E-state index contributed by atoms with van der Waals surface area (Å²) in [6.07, 6.45) is 2.25. The molecule has 0 atom stereocenters. The van der Waals surface area contributed by atoms with Gasteiger partial charge in [0.05, 0.1) is 5.69 Å². The number of hydrogen-bond donors (Lipinski definition) is 0. The summed E-state index contributed by atoms with van der Waals surface area (Å²) in [5, 5.41) is 1.27. The highest BCUT2D eigenvalue weighted by Crippen LogP contribution is 2.36. The Balaban J connectivity index is 1.76. The second-order valence-corrected chi connectivity index (χ2v) is 10.3. The Morgan fingerprint density at radius 1 is 0.743 bits per heavy atom. The van der Waals surface area contributed by atoms with E-state index in [2.05, 4.69) is 141 Å².